The van der Waals surface area contributed by atoms with Gasteiger partial charge in [-0.2, -0.15) is 0 Å². The maximum atomic E-state index is 5.31. The van der Waals surface area contributed by atoms with E-state index in [-0.39, 0.29) is 24.0 Å². The Labute approximate surface area is 193 Å². The van der Waals surface area contributed by atoms with Gasteiger partial charge in [0, 0.05) is 40.3 Å². The molecule has 1 fully saturated rings. The quantitative estimate of drug-likeness (QED) is 0.266. The molecule has 0 saturated carbocycles. The van der Waals surface area contributed by atoms with E-state index in [1.54, 1.807) is 14.2 Å². The van der Waals surface area contributed by atoms with Crippen molar-refractivity contribution >= 4 is 29.9 Å². The van der Waals surface area contributed by atoms with Crippen molar-refractivity contribution in [3.8, 4) is 5.75 Å². The Balaban J connectivity index is 0.00000420. The van der Waals surface area contributed by atoms with Crippen LogP contribution in [-0.4, -0.2) is 89.9 Å². The number of benzene rings is 1. The Kier molecular flexibility index (Phi) is 13.2. The molecule has 2 N–H and O–H groups in total. The molecule has 1 aliphatic rings. The molecule has 1 heterocycles. The number of nitrogens with zero attached hydrogens (tertiary/aromatic N) is 3. The number of likely N-dealkylation sites (N-methyl/N-ethyl adjacent to an activating group) is 1. The second-order valence-electron chi connectivity index (χ2n) is 7.21. The summed E-state index contributed by atoms with van der Waals surface area (Å²) in [5, 5.41) is 6.92. The smallest absolute Gasteiger partial charge is 0.191 e. The van der Waals surface area contributed by atoms with Gasteiger partial charge in [-0.25, -0.2) is 0 Å². The highest BCUT2D eigenvalue weighted by Gasteiger charge is 2.23. The highest BCUT2D eigenvalue weighted by molar-refractivity contribution is 14.0. The maximum Gasteiger partial charge on any atom is 0.191 e. The van der Waals surface area contributed by atoms with Crippen molar-refractivity contribution < 1.29 is 9.47 Å². The third-order valence-electron chi connectivity index (χ3n) is 5.23. The first kappa shape index (κ1) is 25.9. The number of halogens is 1. The number of rotatable bonds is 11. The van der Waals surface area contributed by atoms with E-state index in [1.165, 1.54) is 18.4 Å². The molecule has 0 aliphatic carbocycles. The molecule has 7 nitrogen and oxygen atoms in total. The van der Waals surface area contributed by atoms with Crippen LogP contribution >= 0.6 is 24.0 Å². The molecule has 1 atom stereocenters. The number of hydrogen-bond acceptors (Lipinski definition) is 5. The molecule has 29 heavy (non-hydrogen) atoms. The zero-order valence-corrected chi connectivity index (χ0v) is 20.6. The molecule has 8 heteroatoms. The first-order valence-corrected chi connectivity index (χ1v) is 10.2. The number of aliphatic imine (C=N–C) groups is 1. The van der Waals surface area contributed by atoms with E-state index in [0.717, 1.165) is 57.6 Å². The lowest BCUT2D eigenvalue weighted by Gasteiger charge is -2.29. The molecule has 2 rings (SSSR count). The topological polar surface area (TPSA) is 61.4 Å². The summed E-state index contributed by atoms with van der Waals surface area (Å²) in [7, 11) is 7.36. The molecule has 0 radical (unpaired) electrons. The number of ether oxygens (including phenoxy) is 2. The summed E-state index contributed by atoms with van der Waals surface area (Å²) in [5.41, 5.74) is 1.31. The summed E-state index contributed by atoms with van der Waals surface area (Å²) < 4.78 is 10.4. The van der Waals surface area contributed by atoms with Gasteiger partial charge in [0.2, 0.25) is 0 Å². The van der Waals surface area contributed by atoms with Crippen LogP contribution in [0.3, 0.4) is 0 Å². The van der Waals surface area contributed by atoms with Gasteiger partial charge < -0.3 is 25.0 Å². The van der Waals surface area contributed by atoms with Crippen molar-refractivity contribution in [2.24, 2.45) is 4.99 Å². The van der Waals surface area contributed by atoms with E-state index in [2.05, 4.69) is 44.6 Å². The first-order valence-electron chi connectivity index (χ1n) is 10.2. The highest BCUT2D eigenvalue weighted by Crippen LogP contribution is 2.26. The monoisotopic (exact) mass is 519 g/mol. The number of guanidine groups is 1. The third kappa shape index (κ3) is 9.06. The van der Waals surface area contributed by atoms with Crippen LogP contribution in [0.25, 0.3) is 0 Å². The normalized spacial score (nSPS) is 15.8. The van der Waals surface area contributed by atoms with Crippen LogP contribution in [0.4, 0.5) is 0 Å². The minimum absolute atomic E-state index is 0. The van der Waals surface area contributed by atoms with Crippen LogP contribution < -0.4 is 15.4 Å². The van der Waals surface area contributed by atoms with Gasteiger partial charge in [-0.15, -0.1) is 24.0 Å². The second-order valence-corrected chi connectivity index (χ2v) is 7.21. The Morgan fingerprint density at radius 3 is 2.41 bits per heavy atom. The minimum atomic E-state index is 0. The van der Waals surface area contributed by atoms with Crippen molar-refractivity contribution in [3.63, 3.8) is 0 Å². The zero-order chi connectivity index (χ0) is 20.2. The molecule has 1 aromatic rings. The Bertz CT molecular complexity index is 579. The zero-order valence-electron chi connectivity index (χ0n) is 18.3. The number of likely N-dealkylation sites (tertiary alicyclic amines) is 1. The minimum Gasteiger partial charge on any atom is -0.497 e. The SMILES string of the molecule is CN=C(NCCN(C)CCOC)NCC(c1ccc(OC)cc1)N1CCCC1.I. The van der Waals surface area contributed by atoms with Crippen LogP contribution in [-0.2, 0) is 4.74 Å². The fourth-order valence-electron chi connectivity index (χ4n) is 3.48. The molecule has 0 bridgehead atoms. The lowest BCUT2D eigenvalue weighted by atomic mass is 10.1. The summed E-state index contributed by atoms with van der Waals surface area (Å²) in [6.07, 6.45) is 2.54. The molecule has 0 spiro atoms. The van der Waals surface area contributed by atoms with Gasteiger partial charge in [0.05, 0.1) is 19.8 Å². The summed E-state index contributed by atoms with van der Waals surface area (Å²) in [4.78, 5) is 9.18. The number of methoxy groups -OCH3 is 2. The highest BCUT2D eigenvalue weighted by atomic mass is 127. The van der Waals surface area contributed by atoms with Gasteiger partial charge >= 0.3 is 0 Å². The fraction of sp³-hybridized carbons (Fsp3) is 0.667. The van der Waals surface area contributed by atoms with Crippen LogP contribution in [0.1, 0.15) is 24.4 Å². The third-order valence-corrected chi connectivity index (χ3v) is 5.23. The van der Waals surface area contributed by atoms with Crippen molar-refractivity contribution in [3.05, 3.63) is 29.8 Å². The Morgan fingerprint density at radius 2 is 1.83 bits per heavy atom. The molecule has 166 valence electrons. The van der Waals surface area contributed by atoms with Crippen molar-refractivity contribution in [2.75, 3.05) is 74.2 Å². The first-order chi connectivity index (χ1) is 13.7. The van der Waals surface area contributed by atoms with Crippen molar-refractivity contribution in [1.82, 2.24) is 20.4 Å². The van der Waals surface area contributed by atoms with Gasteiger partial charge in [-0.3, -0.25) is 9.89 Å². The average Bonchev–Trinajstić information content (AvgIpc) is 3.26. The van der Waals surface area contributed by atoms with E-state index < -0.39 is 0 Å². The largest absolute Gasteiger partial charge is 0.497 e. The van der Waals surface area contributed by atoms with Gasteiger partial charge in [0.15, 0.2) is 5.96 Å². The molecular weight excluding hydrogens is 481 g/mol. The molecule has 1 unspecified atom stereocenters. The van der Waals surface area contributed by atoms with Crippen LogP contribution in [0.2, 0.25) is 0 Å². The van der Waals surface area contributed by atoms with Crippen LogP contribution in [0.5, 0.6) is 5.75 Å². The van der Waals surface area contributed by atoms with E-state index in [1.807, 2.05) is 19.2 Å². The Hall–Kier alpha value is -1.10. The summed E-state index contributed by atoms with van der Waals surface area (Å²) in [5.74, 6) is 1.74. The van der Waals surface area contributed by atoms with Crippen molar-refractivity contribution in [1.29, 1.82) is 0 Å². The maximum absolute atomic E-state index is 5.31. The summed E-state index contributed by atoms with van der Waals surface area (Å²) in [6, 6.07) is 8.76. The van der Waals surface area contributed by atoms with Gasteiger partial charge in [-0.05, 0) is 50.7 Å². The molecule has 1 aliphatic heterocycles. The predicted octanol–water partition coefficient (Wildman–Crippen LogP) is 2.19. The van der Waals surface area contributed by atoms with E-state index >= 15 is 0 Å². The number of nitrogens with one attached hydrogen (secondary N) is 2. The van der Waals surface area contributed by atoms with Crippen LogP contribution in [0.15, 0.2) is 29.3 Å². The van der Waals surface area contributed by atoms with Crippen LogP contribution in [0, 0.1) is 0 Å². The molecule has 1 saturated heterocycles. The lowest BCUT2D eigenvalue weighted by molar-refractivity contribution is 0.162. The molecule has 0 amide bonds. The van der Waals surface area contributed by atoms with E-state index in [9.17, 15) is 0 Å². The van der Waals surface area contributed by atoms with Crippen molar-refractivity contribution in [2.45, 2.75) is 18.9 Å². The lowest BCUT2D eigenvalue weighted by Crippen LogP contribution is -2.44. The van der Waals surface area contributed by atoms with Gasteiger partial charge in [-0.1, -0.05) is 12.1 Å². The molecular formula is C21H38IN5O2. The van der Waals surface area contributed by atoms with Gasteiger partial charge in [0.1, 0.15) is 5.75 Å². The average molecular weight is 519 g/mol. The molecule has 1 aromatic carbocycles. The van der Waals surface area contributed by atoms with E-state index in [4.69, 9.17) is 9.47 Å². The predicted molar refractivity (Wildman–Crippen MR) is 131 cm³/mol. The van der Waals surface area contributed by atoms with E-state index in [0.29, 0.717) is 6.04 Å². The molecule has 0 aromatic heterocycles. The standard InChI is InChI=1S/C21H37N5O2.HI/c1-22-21(23-11-14-25(2)15-16-27-3)24-17-20(26-12-5-6-13-26)18-7-9-19(28-4)10-8-18;/h7-10,20H,5-6,11-17H2,1-4H3,(H2,22,23,24);1H. The second kappa shape index (κ2) is 14.8. The number of hydrogen-bond donors (Lipinski definition) is 2. The fourth-order valence-corrected chi connectivity index (χ4v) is 3.48. The summed E-state index contributed by atoms with van der Waals surface area (Å²) >= 11 is 0. The van der Waals surface area contributed by atoms with Gasteiger partial charge in [0.25, 0.3) is 0 Å². The summed E-state index contributed by atoms with van der Waals surface area (Å²) in [6.45, 7) is 6.59. The Morgan fingerprint density at radius 1 is 1.14 bits per heavy atom.